The molecule has 1 rings (SSSR count). The third kappa shape index (κ3) is 5.47. The van der Waals surface area contributed by atoms with Crippen LogP contribution in [-0.4, -0.2) is 22.6 Å². The molecule has 0 unspecified atom stereocenters. The predicted molar refractivity (Wildman–Crippen MR) is 64.5 cm³/mol. The average Bonchev–Trinajstić information content (AvgIpc) is 2.17. The van der Waals surface area contributed by atoms with Crippen molar-refractivity contribution in [2.75, 3.05) is 11.5 Å². The smallest absolute Gasteiger partial charge is 0.304 e. The van der Waals surface area contributed by atoms with Gasteiger partial charge in [0.05, 0.1) is 6.42 Å². The highest BCUT2D eigenvalue weighted by Crippen LogP contribution is 2.09. The zero-order chi connectivity index (χ0) is 11.1. The minimum Gasteiger partial charge on any atom is -0.481 e. The fraction of sp³-hybridized carbons (Fsp3) is 0.417. The molecular weight excluding hydrogens is 208 g/mol. The molecule has 0 saturated carbocycles. The lowest BCUT2D eigenvalue weighted by Crippen LogP contribution is -1.97. The van der Waals surface area contributed by atoms with Crippen LogP contribution >= 0.6 is 11.8 Å². The van der Waals surface area contributed by atoms with Gasteiger partial charge in [0.1, 0.15) is 0 Å². The van der Waals surface area contributed by atoms with Crippen molar-refractivity contribution in [2.24, 2.45) is 0 Å². The molecule has 0 aromatic heterocycles. The van der Waals surface area contributed by atoms with E-state index in [2.05, 4.69) is 31.2 Å². The monoisotopic (exact) mass is 224 g/mol. The first-order chi connectivity index (χ1) is 7.18. The number of hydrogen-bond acceptors (Lipinski definition) is 2. The molecule has 1 aromatic carbocycles. The van der Waals surface area contributed by atoms with Gasteiger partial charge in [0.2, 0.25) is 0 Å². The summed E-state index contributed by atoms with van der Waals surface area (Å²) in [6.07, 6.45) is 1.28. The van der Waals surface area contributed by atoms with Crippen molar-refractivity contribution in [3.8, 4) is 0 Å². The number of aliphatic carboxylic acids is 1. The van der Waals surface area contributed by atoms with E-state index in [1.54, 1.807) is 11.8 Å². The van der Waals surface area contributed by atoms with Crippen LogP contribution in [0.15, 0.2) is 24.3 Å². The molecule has 15 heavy (non-hydrogen) atoms. The van der Waals surface area contributed by atoms with E-state index in [4.69, 9.17) is 5.11 Å². The third-order valence-corrected chi connectivity index (χ3v) is 3.06. The summed E-state index contributed by atoms with van der Waals surface area (Å²) in [7, 11) is 0. The van der Waals surface area contributed by atoms with Gasteiger partial charge in [-0.15, -0.1) is 0 Å². The van der Waals surface area contributed by atoms with Crippen molar-refractivity contribution < 1.29 is 9.90 Å². The van der Waals surface area contributed by atoms with E-state index in [9.17, 15) is 4.79 Å². The van der Waals surface area contributed by atoms with Gasteiger partial charge in [-0.3, -0.25) is 4.79 Å². The Hall–Kier alpha value is -0.960. The van der Waals surface area contributed by atoms with Gasteiger partial charge in [0, 0.05) is 5.75 Å². The van der Waals surface area contributed by atoms with Gasteiger partial charge in [-0.05, 0) is 24.7 Å². The summed E-state index contributed by atoms with van der Waals surface area (Å²) >= 11 is 1.70. The van der Waals surface area contributed by atoms with Crippen molar-refractivity contribution in [3.05, 3.63) is 35.4 Å². The summed E-state index contributed by atoms with van der Waals surface area (Å²) in [6, 6.07) is 8.44. The Bertz CT molecular complexity index is 323. The van der Waals surface area contributed by atoms with E-state index >= 15 is 0 Å². The minimum atomic E-state index is -0.710. The highest BCUT2D eigenvalue weighted by Gasteiger charge is 1.97. The summed E-state index contributed by atoms with van der Waals surface area (Å²) in [5.74, 6) is 0.996. The lowest BCUT2D eigenvalue weighted by molar-refractivity contribution is -0.136. The van der Waals surface area contributed by atoms with Crippen LogP contribution in [0.4, 0.5) is 0 Å². The van der Waals surface area contributed by atoms with Gasteiger partial charge in [0.15, 0.2) is 0 Å². The van der Waals surface area contributed by atoms with Crippen molar-refractivity contribution in [2.45, 2.75) is 19.8 Å². The first-order valence-electron chi connectivity index (χ1n) is 5.03. The average molecular weight is 224 g/mol. The van der Waals surface area contributed by atoms with Crippen LogP contribution in [0.3, 0.4) is 0 Å². The first-order valence-corrected chi connectivity index (χ1v) is 6.19. The Balaban J connectivity index is 2.17. The lowest BCUT2D eigenvalue weighted by atomic mass is 10.1. The molecule has 0 bridgehead atoms. The third-order valence-electron chi connectivity index (χ3n) is 2.08. The normalized spacial score (nSPS) is 10.2. The molecule has 2 nitrogen and oxygen atoms in total. The second kappa shape index (κ2) is 6.51. The standard InChI is InChI=1S/C12H16O2S/c1-10-3-2-4-11(9-10)5-7-15-8-6-12(13)14/h2-4,9H,5-8H2,1H3,(H,13,14). The zero-order valence-electron chi connectivity index (χ0n) is 8.90. The number of benzene rings is 1. The van der Waals surface area contributed by atoms with E-state index in [1.165, 1.54) is 11.1 Å². The Morgan fingerprint density at radius 2 is 2.20 bits per heavy atom. The van der Waals surface area contributed by atoms with Gasteiger partial charge >= 0.3 is 5.97 Å². The molecular formula is C12H16O2S. The summed E-state index contributed by atoms with van der Waals surface area (Å²) in [4.78, 5) is 10.3. The summed E-state index contributed by atoms with van der Waals surface area (Å²) < 4.78 is 0. The van der Waals surface area contributed by atoms with E-state index in [0.717, 1.165) is 12.2 Å². The maximum atomic E-state index is 10.3. The van der Waals surface area contributed by atoms with Crippen LogP contribution in [0.1, 0.15) is 17.5 Å². The number of aryl methyl sites for hydroxylation is 2. The molecule has 1 N–H and O–H groups in total. The van der Waals surface area contributed by atoms with Crippen LogP contribution in [-0.2, 0) is 11.2 Å². The van der Waals surface area contributed by atoms with E-state index in [0.29, 0.717) is 5.75 Å². The lowest BCUT2D eigenvalue weighted by Gasteiger charge is -2.02. The topological polar surface area (TPSA) is 37.3 Å². The molecule has 0 spiro atoms. The Morgan fingerprint density at radius 1 is 1.40 bits per heavy atom. The molecule has 3 heteroatoms. The minimum absolute atomic E-state index is 0.262. The van der Waals surface area contributed by atoms with Crippen molar-refractivity contribution in [1.82, 2.24) is 0 Å². The van der Waals surface area contributed by atoms with E-state index in [1.807, 2.05) is 0 Å². The van der Waals surface area contributed by atoms with E-state index < -0.39 is 5.97 Å². The van der Waals surface area contributed by atoms with Crippen molar-refractivity contribution >= 4 is 17.7 Å². The summed E-state index contributed by atoms with van der Waals surface area (Å²) in [6.45, 7) is 2.08. The van der Waals surface area contributed by atoms with Crippen molar-refractivity contribution in [1.29, 1.82) is 0 Å². The van der Waals surface area contributed by atoms with Crippen LogP contribution in [0.2, 0.25) is 0 Å². The number of carboxylic acids is 1. The number of carboxylic acid groups (broad SMARTS) is 1. The quantitative estimate of drug-likeness (QED) is 0.755. The Labute approximate surface area is 94.7 Å². The van der Waals surface area contributed by atoms with Crippen LogP contribution in [0, 0.1) is 6.92 Å². The predicted octanol–water partition coefficient (Wildman–Crippen LogP) is 2.75. The molecule has 0 fully saturated rings. The molecule has 1 aromatic rings. The fourth-order valence-electron chi connectivity index (χ4n) is 1.32. The van der Waals surface area contributed by atoms with Gasteiger partial charge in [-0.1, -0.05) is 29.8 Å². The molecule has 0 aliphatic carbocycles. The highest BCUT2D eigenvalue weighted by molar-refractivity contribution is 7.99. The molecule has 0 aliphatic heterocycles. The van der Waals surface area contributed by atoms with Gasteiger partial charge in [-0.2, -0.15) is 11.8 Å². The Kier molecular flexibility index (Phi) is 5.26. The Morgan fingerprint density at radius 3 is 2.87 bits per heavy atom. The highest BCUT2D eigenvalue weighted by atomic mass is 32.2. The molecule has 82 valence electrons. The second-order valence-electron chi connectivity index (χ2n) is 3.50. The number of hydrogen-bond donors (Lipinski definition) is 1. The zero-order valence-corrected chi connectivity index (χ0v) is 9.72. The SMILES string of the molecule is Cc1cccc(CCSCCC(=O)O)c1. The molecule has 0 radical (unpaired) electrons. The number of thioether (sulfide) groups is 1. The van der Waals surface area contributed by atoms with Crippen LogP contribution < -0.4 is 0 Å². The molecule has 0 saturated heterocycles. The van der Waals surface area contributed by atoms with Gasteiger partial charge in [-0.25, -0.2) is 0 Å². The van der Waals surface area contributed by atoms with E-state index in [-0.39, 0.29) is 6.42 Å². The molecule has 0 heterocycles. The fourth-order valence-corrected chi connectivity index (χ4v) is 2.22. The number of rotatable bonds is 6. The second-order valence-corrected chi connectivity index (χ2v) is 4.72. The van der Waals surface area contributed by atoms with Gasteiger partial charge in [0.25, 0.3) is 0 Å². The maximum absolute atomic E-state index is 10.3. The molecule has 0 amide bonds. The summed E-state index contributed by atoms with van der Waals surface area (Å²) in [5, 5.41) is 8.45. The number of carbonyl (C=O) groups is 1. The van der Waals surface area contributed by atoms with Gasteiger partial charge < -0.3 is 5.11 Å². The van der Waals surface area contributed by atoms with Crippen LogP contribution in [0.5, 0.6) is 0 Å². The maximum Gasteiger partial charge on any atom is 0.304 e. The molecule has 0 aliphatic rings. The summed E-state index contributed by atoms with van der Waals surface area (Å²) in [5.41, 5.74) is 2.61. The largest absolute Gasteiger partial charge is 0.481 e. The van der Waals surface area contributed by atoms with Crippen molar-refractivity contribution in [3.63, 3.8) is 0 Å². The first kappa shape index (κ1) is 12.1. The molecule has 0 atom stereocenters. The van der Waals surface area contributed by atoms with Crippen LogP contribution in [0.25, 0.3) is 0 Å².